The predicted molar refractivity (Wildman–Crippen MR) is 83.6 cm³/mol. The lowest BCUT2D eigenvalue weighted by molar-refractivity contribution is -0.137. The molecule has 0 fully saturated rings. The molecule has 3 heterocycles. The molecule has 0 radical (unpaired) electrons. The smallest absolute Gasteiger partial charge is 0.284 e. The number of hydrogen-bond acceptors (Lipinski definition) is 4. The van der Waals surface area contributed by atoms with E-state index in [1.165, 1.54) is 29.0 Å². The van der Waals surface area contributed by atoms with E-state index in [-0.39, 0.29) is 11.1 Å². The molecular formula is C16H10F3N5O. The second-order valence-electron chi connectivity index (χ2n) is 5.47. The number of rotatable bonds is 1. The zero-order chi connectivity index (χ0) is 17.8. The monoisotopic (exact) mass is 345 g/mol. The van der Waals surface area contributed by atoms with Gasteiger partial charge in [-0.2, -0.15) is 22.7 Å². The number of fused-ring (bicyclic) bond motifs is 3. The molecule has 9 heteroatoms. The molecule has 0 amide bonds. The van der Waals surface area contributed by atoms with Crippen LogP contribution in [0.5, 0.6) is 0 Å². The maximum atomic E-state index is 12.9. The molecule has 126 valence electrons. The molecule has 0 spiro atoms. The van der Waals surface area contributed by atoms with Crippen molar-refractivity contribution >= 4 is 16.7 Å². The van der Waals surface area contributed by atoms with Gasteiger partial charge in [0, 0.05) is 18.1 Å². The van der Waals surface area contributed by atoms with Gasteiger partial charge in [-0.15, -0.1) is 5.10 Å². The van der Waals surface area contributed by atoms with E-state index < -0.39 is 17.3 Å². The van der Waals surface area contributed by atoms with Gasteiger partial charge >= 0.3 is 6.18 Å². The van der Waals surface area contributed by atoms with Crippen LogP contribution in [0.25, 0.3) is 22.4 Å². The van der Waals surface area contributed by atoms with Crippen LogP contribution in [0.4, 0.5) is 13.2 Å². The fourth-order valence-electron chi connectivity index (χ4n) is 2.65. The average Bonchev–Trinajstić information content (AvgIpc) is 2.95. The predicted octanol–water partition coefficient (Wildman–Crippen LogP) is 2.76. The average molecular weight is 345 g/mol. The van der Waals surface area contributed by atoms with E-state index in [2.05, 4.69) is 15.1 Å². The molecule has 0 saturated carbocycles. The Labute approximate surface area is 138 Å². The van der Waals surface area contributed by atoms with Gasteiger partial charge < -0.3 is 0 Å². The first-order chi connectivity index (χ1) is 11.8. The Hall–Kier alpha value is -3.23. The van der Waals surface area contributed by atoms with Gasteiger partial charge in [-0.1, -0.05) is 6.07 Å². The highest BCUT2D eigenvalue weighted by atomic mass is 19.4. The van der Waals surface area contributed by atoms with Crippen molar-refractivity contribution in [2.24, 2.45) is 0 Å². The fourth-order valence-corrected chi connectivity index (χ4v) is 2.65. The van der Waals surface area contributed by atoms with Gasteiger partial charge in [0.2, 0.25) is 0 Å². The van der Waals surface area contributed by atoms with Crippen LogP contribution in [0, 0.1) is 6.92 Å². The van der Waals surface area contributed by atoms with Crippen molar-refractivity contribution in [1.82, 2.24) is 24.1 Å². The van der Waals surface area contributed by atoms with E-state index in [1.807, 2.05) is 0 Å². The number of aryl methyl sites for hydroxylation is 1. The Bertz CT molecular complexity index is 1180. The number of halogens is 3. The minimum absolute atomic E-state index is 0.122. The summed E-state index contributed by atoms with van der Waals surface area (Å²) in [4.78, 5) is 20.9. The van der Waals surface area contributed by atoms with Gasteiger partial charge in [0.05, 0.1) is 16.5 Å². The van der Waals surface area contributed by atoms with E-state index >= 15 is 0 Å². The molecule has 1 aromatic carbocycles. The van der Waals surface area contributed by atoms with Crippen molar-refractivity contribution in [2.75, 3.05) is 0 Å². The van der Waals surface area contributed by atoms with Crippen LogP contribution < -0.4 is 5.56 Å². The lowest BCUT2D eigenvalue weighted by atomic mass is 10.2. The third-order valence-electron chi connectivity index (χ3n) is 3.79. The molecule has 0 aliphatic rings. The summed E-state index contributed by atoms with van der Waals surface area (Å²) in [5.74, 6) is 0.850. The summed E-state index contributed by atoms with van der Waals surface area (Å²) in [7, 11) is 0. The van der Waals surface area contributed by atoms with E-state index in [0.29, 0.717) is 17.1 Å². The van der Waals surface area contributed by atoms with Crippen molar-refractivity contribution in [1.29, 1.82) is 0 Å². The first-order valence-corrected chi connectivity index (χ1v) is 7.26. The second-order valence-corrected chi connectivity index (χ2v) is 5.47. The topological polar surface area (TPSA) is 65.1 Å². The molecule has 25 heavy (non-hydrogen) atoms. The molecular weight excluding hydrogens is 335 g/mol. The number of aromatic nitrogens is 5. The molecule has 0 bridgehead atoms. The Balaban J connectivity index is 1.96. The summed E-state index contributed by atoms with van der Waals surface area (Å²) < 4.78 is 41.3. The summed E-state index contributed by atoms with van der Waals surface area (Å²) in [6, 6.07) is 6.18. The summed E-state index contributed by atoms with van der Waals surface area (Å²) in [6.07, 6.45) is -1.72. The molecule has 0 aliphatic carbocycles. The van der Waals surface area contributed by atoms with Gasteiger partial charge in [-0.05, 0) is 31.2 Å². The Morgan fingerprint density at radius 3 is 2.72 bits per heavy atom. The number of pyridine rings is 1. The Morgan fingerprint density at radius 2 is 1.96 bits per heavy atom. The van der Waals surface area contributed by atoms with Crippen molar-refractivity contribution < 1.29 is 13.2 Å². The number of alkyl halides is 3. The number of benzene rings is 1. The van der Waals surface area contributed by atoms with E-state index in [0.717, 1.165) is 16.7 Å². The largest absolute Gasteiger partial charge is 0.416 e. The van der Waals surface area contributed by atoms with Crippen LogP contribution in [0.1, 0.15) is 11.4 Å². The van der Waals surface area contributed by atoms with E-state index in [4.69, 9.17) is 0 Å². The van der Waals surface area contributed by atoms with Crippen LogP contribution in [0.15, 0.2) is 47.5 Å². The minimum Gasteiger partial charge on any atom is -0.284 e. The second kappa shape index (κ2) is 5.13. The van der Waals surface area contributed by atoms with Crippen LogP contribution in [0.2, 0.25) is 0 Å². The van der Waals surface area contributed by atoms with Gasteiger partial charge in [0.1, 0.15) is 5.82 Å². The van der Waals surface area contributed by atoms with Gasteiger partial charge in [-0.3, -0.25) is 9.36 Å². The van der Waals surface area contributed by atoms with Gasteiger partial charge in [-0.25, -0.2) is 4.98 Å². The van der Waals surface area contributed by atoms with Crippen molar-refractivity contribution in [3.63, 3.8) is 0 Å². The molecule has 0 atom stereocenters. The Kier molecular flexibility index (Phi) is 3.14. The first kappa shape index (κ1) is 15.3. The highest BCUT2D eigenvalue weighted by Crippen LogP contribution is 2.30. The summed E-state index contributed by atoms with van der Waals surface area (Å²) in [5, 5.41) is 4.41. The molecule has 0 saturated heterocycles. The van der Waals surface area contributed by atoms with Crippen LogP contribution in [-0.2, 0) is 6.18 Å². The lowest BCUT2D eigenvalue weighted by Gasteiger charge is -2.11. The van der Waals surface area contributed by atoms with Crippen LogP contribution in [0.3, 0.4) is 0 Å². The SMILES string of the molecule is Cc1nc2ncc3c(=O)n(-c4cccc(C(F)(F)F)c4)ccc3n2n1. The van der Waals surface area contributed by atoms with Gasteiger partial charge in [0.15, 0.2) is 0 Å². The highest BCUT2D eigenvalue weighted by Gasteiger charge is 2.30. The fraction of sp³-hybridized carbons (Fsp3) is 0.125. The molecule has 0 aliphatic heterocycles. The van der Waals surface area contributed by atoms with E-state index in [1.54, 1.807) is 13.0 Å². The quantitative estimate of drug-likeness (QED) is 0.532. The normalized spacial score (nSPS) is 12.2. The summed E-state index contributed by atoms with van der Waals surface area (Å²) in [6.45, 7) is 1.70. The van der Waals surface area contributed by atoms with Crippen molar-refractivity contribution in [3.8, 4) is 5.69 Å². The standard InChI is InChI=1S/C16H10F3N5O/c1-9-21-15-20-8-12-13(24(15)22-9)5-6-23(14(12)25)11-4-2-3-10(7-11)16(17,18)19/h2-8H,1H3. The van der Waals surface area contributed by atoms with E-state index in [9.17, 15) is 18.0 Å². The zero-order valence-electron chi connectivity index (χ0n) is 12.8. The molecule has 4 aromatic rings. The third-order valence-corrected chi connectivity index (χ3v) is 3.79. The minimum atomic E-state index is -4.48. The maximum Gasteiger partial charge on any atom is 0.416 e. The number of nitrogens with zero attached hydrogens (tertiary/aromatic N) is 5. The molecule has 0 unspecified atom stereocenters. The first-order valence-electron chi connectivity index (χ1n) is 7.26. The molecule has 6 nitrogen and oxygen atoms in total. The van der Waals surface area contributed by atoms with Crippen LogP contribution in [-0.4, -0.2) is 24.1 Å². The molecule has 0 N–H and O–H groups in total. The third kappa shape index (κ3) is 2.44. The van der Waals surface area contributed by atoms with Gasteiger partial charge in [0.25, 0.3) is 11.3 Å². The number of hydrogen-bond donors (Lipinski definition) is 0. The zero-order valence-corrected chi connectivity index (χ0v) is 12.8. The van der Waals surface area contributed by atoms with Crippen molar-refractivity contribution in [2.45, 2.75) is 13.1 Å². The maximum absolute atomic E-state index is 12.9. The molecule has 3 aromatic heterocycles. The van der Waals surface area contributed by atoms with Crippen molar-refractivity contribution in [3.05, 3.63) is 64.5 Å². The summed E-state index contributed by atoms with van der Waals surface area (Å²) in [5.41, 5.74) is -0.702. The van der Waals surface area contributed by atoms with Crippen LogP contribution >= 0.6 is 0 Å². The highest BCUT2D eigenvalue weighted by molar-refractivity contribution is 5.78. The molecule has 4 rings (SSSR count). The Morgan fingerprint density at radius 1 is 1.16 bits per heavy atom. The lowest BCUT2D eigenvalue weighted by Crippen LogP contribution is -2.19. The summed E-state index contributed by atoms with van der Waals surface area (Å²) >= 11 is 0.